The smallest absolute Gasteiger partial charge is 0.407 e. The number of carbonyl (C=O) groups is 4. The van der Waals surface area contributed by atoms with Crippen molar-refractivity contribution < 1.29 is 43.1 Å². The van der Waals surface area contributed by atoms with E-state index in [4.69, 9.17) is 14.7 Å². The lowest BCUT2D eigenvalue weighted by Gasteiger charge is -2.36. The van der Waals surface area contributed by atoms with Crippen LogP contribution in [0, 0.1) is 23.2 Å². The van der Waals surface area contributed by atoms with Crippen LogP contribution in [0.1, 0.15) is 89.2 Å². The highest BCUT2D eigenvalue weighted by Gasteiger charge is 2.56. The van der Waals surface area contributed by atoms with Crippen LogP contribution in [0.4, 0.5) is 29.7 Å². The van der Waals surface area contributed by atoms with E-state index in [1.54, 1.807) is 29.3 Å². The maximum atomic E-state index is 16.7. The van der Waals surface area contributed by atoms with Crippen LogP contribution in [0.15, 0.2) is 65.8 Å². The van der Waals surface area contributed by atoms with Crippen molar-refractivity contribution in [1.82, 2.24) is 30.4 Å². The number of benzene rings is 3. The van der Waals surface area contributed by atoms with Gasteiger partial charge in [0.15, 0.2) is 5.69 Å². The number of aromatic nitrogens is 2. The molecular weight excluding hydrogens is 823 g/mol. The topological polar surface area (TPSA) is 186 Å². The number of ether oxygens (including phenoxy) is 1. The average Bonchev–Trinajstić information content (AvgIpc) is 3.93. The lowest BCUT2D eigenvalue weighted by molar-refractivity contribution is -0.444. The molecule has 6 unspecified atom stereocenters. The molecule has 2 bridgehead atoms. The van der Waals surface area contributed by atoms with Gasteiger partial charge in [0.25, 0.3) is 5.92 Å². The van der Waals surface area contributed by atoms with E-state index in [9.17, 15) is 24.3 Å². The molecule has 6 atom stereocenters. The van der Waals surface area contributed by atoms with Gasteiger partial charge in [0.1, 0.15) is 29.6 Å². The summed E-state index contributed by atoms with van der Waals surface area (Å²) in [5.74, 6) is -2.59. The Hall–Kier alpha value is -6.16. The van der Waals surface area contributed by atoms with Crippen molar-refractivity contribution in [2.75, 3.05) is 13.7 Å². The number of methoxy groups -OCH3 is 1. The number of likely N-dealkylation sites (tertiary alicyclic amines) is 2. The predicted molar refractivity (Wildman–Crippen MR) is 233 cm³/mol. The molecule has 64 heavy (non-hydrogen) atoms. The fraction of sp³-hybridized carbons (Fsp3) is 0.458. The Morgan fingerprint density at radius 1 is 0.891 bits per heavy atom. The number of aromatic amines is 1. The van der Waals surface area contributed by atoms with E-state index in [0.717, 1.165) is 61.3 Å². The van der Waals surface area contributed by atoms with Crippen molar-refractivity contribution >= 4 is 41.2 Å². The van der Waals surface area contributed by atoms with Crippen molar-refractivity contribution in [3.8, 4) is 33.5 Å². The second kappa shape index (κ2) is 15.2. The van der Waals surface area contributed by atoms with Crippen LogP contribution < -0.4 is 16.0 Å². The number of nitrogens with two attached hydrogens (primary N) is 1. The first-order valence-electron chi connectivity index (χ1n) is 22.3. The summed E-state index contributed by atoms with van der Waals surface area (Å²) in [6.07, 6.45) is 5.12. The van der Waals surface area contributed by atoms with Gasteiger partial charge in [0.2, 0.25) is 17.6 Å². The summed E-state index contributed by atoms with van der Waals surface area (Å²) >= 11 is 0. The van der Waals surface area contributed by atoms with Crippen LogP contribution in [-0.2, 0) is 20.2 Å². The number of carboxylic acid groups (broad SMARTS) is 1. The highest BCUT2D eigenvalue weighted by molar-refractivity contribution is 5.96. The zero-order chi connectivity index (χ0) is 45.0. The molecule has 3 aliphatic heterocycles. The van der Waals surface area contributed by atoms with Crippen molar-refractivity contribution in [2.24, 2.45) is 28.2 Å². The van der Waals surface area contributed by atoms with Crippen LogP contribution in [0.2, 0.25) is 0 Å². The van der Waals surface area contributed by atoms with E-state index in [-0.39, 0.29) is 64.2 Å². The summed E-state index contributed by atoms with van der Waals surface area (Å²) in [7, 11) is 1.26. The number of H-pyrrole nitrogens is 1. The number of aliphatic imine (C=N–C) groups is 1. The second-order valence-electron chi connectivity index (χ2n) is 19.4. The number of quaternary nitrogens is 1. The minimum atomic E-state index is -3.29. The number of fused-ring (bicyclic) bond motifs is 6. The van der Waals surface area contributed by atoms with Gasteiger partial charge in [0.05, 0.1) is 25.0 Å². The van der Waals surface area contributed by atoms with Gasteiger partial charge >= 0.3 is 12.2 Å². The van der Waals surface area contributed by atoms with Gasteiger partial charge in [0, 0.05) is 35.3 Å². The number of halogens is 2. The maximum absolute atomic E-state index is 16.7. The van der Waals surface area contributed by atoms with E-state index in [2.05, 4.69) is 15.6 Å². The van der Waals surface area contributed by atoms with Crippen LogP contribution in [0.25, 0.3) is 33.5 Å². The summed E-state index contributed by atoms with van der Waals surface area (Å²) in [4.78, 5) is 68.3. The van der Waals surface area contributed by atoms with Crippen molar-refractivity contribution in [3.05, 3.63) is 77.7 Å². The third-order valence-electron chi connectivity index (χ3n) is 14.6. The van der Waals surface area contributed by atoms with E-state index in [0.29, 0.717) is 40.3 Å². The standard InChI is InChI=1S/C48H52F2N8O6/c1-23(2)38(56-46(63)64-5)43(59)57-22-47(14-15-47)20-37(57)41-51-21-36(54-41)27-8-12-31-30-11-7-25(17-32(30)48(49,50)33(31)18-27)26-9-13-34-35(19-26)53-42(52-34)40-28-6-10-29(16-28)58(40)44(60)39(24(3)4)55-45(61)62/h7-9,11-13,17-19,21,23-24,28-29,37-40,55H,6,10,14-16,20,22H2,1-5H3,(H,51,54)(H,52,53)(H,56,63)(H,61,62)/p+1. The summed E-state index contributed by atoms with van der Waals surface area (Å²) < 4.78 is 38.1. The fourth-order valence-electron chi connectivity index (χ4n) is 11.1. The molecular formula is C48H53F2N8O6+. The molecule has 2 saturated carbocycles. The average molecular weight is 876 g/mol. The SMILES string of the molecule is COC(=O)NC(C(=O)N1CC2(CC2)CC1c1ncc(-c2ccc3c(c2)C(F)(F)c2cc(-c4ccc5c(c4)[NH2+]C(C4C6CCC(C6)N4C(=O)C(NC(=O)O)C(C)C)=N5)ccc2-3)[nH]1)C(C)C. The molecule has 4 heterocycles. The Kier molecular flexibility index (Phi) is 9.96. The lowest BCUT2D eigenvalue weighted by Crippen LogP contribution is -2.85. The molecule has 1 spiro atoms. The maximum Gasteiger partial charge on any atom is 0.407 e. The highest BCUT2D eigenvalue weighted by atomic mass is 19.3. The number of amidine groups is 1. The monoisotopic (exact) mass is 875 g/mol. The van der Waals surface area contributed by atoms with E-state index in [1.807, 2.05) is 68.2 Å². The Morgan fingerprint density at radius 3 is 2.22 bits per heavy atom. The minimum Gasteiger partial charge on any atom is -0.465 e. The zero-order valence-corrected chi connectivity index (χ0v) is 36.5. The molecule has 3 aliphatic carbocycles. The van der Waals surface area contributed by atoms with Crippen molar-refractivity contribution in [3.63, 3.8) is 0 Å². The Bertz CT molecular complexity index is 2640. The van der Waals surface area contributed by atoms with E-state index >= 15 is 8.78 Å². The normalized spacial score (nSPS) is 23.8. The fourth-order valence-corrected chi connectivity index (χ4v) is 11.1. The summed E-state index contributed by atoms with van der Waals surface area (Å²) in [6.45, 7) is 7.96. The van der Waals surface area contributed by atoms with Gasteiger partial charge in [-0.15, -0.1) is 0 Å². The van der Waals surface area contributed by atoms with Crippen LogP contribution >= 0.6 is 0 Å². The van der Waals surface area contributed by atoms with Crippen LogP contribution in [0.3, 0.4) is 0 Å². The largest absolute Gasteiger partial charge is 0.465 e. The van der Waals surface area contributed by atoms with Crippen molar-refractivity contribution in [1.29, 1.82) is 0 Å². The number of hydrogen-bond acceptors (Lipinski definition) is 7. The third-order valence-corrected chi connectivity index (χ3v) is 14.6. The molecule has 6 N–H and O–H groups in total. The number of carbonyl (C=O) groups excluding carboxylic acids is 3. The van der Waals surface area contributed by atoms with E-state index < -0.39 is 30.2 Å². The van der Waals surface area contributed by atoms with Crippen LogP contribution in [0.5, 0.6) is 0 Å². The highest BCUT2D eigenvalue weighted by Crippen LogP contribution is 2.59. The van der Waals surface area contributed by atoms with Gasteiger partial charge < -0.3 is 35.3 Å². The number of nitrogens with zero attached hydrogens (tertiary/aromatic N) is 4. The molecule has 4 aromatic rings. The number of alkyl carbamates (subject to hydrolysis) is 1. The first-order valence-corrected chi connectivity index (χ1v) is 22.3. The molecule has 16 heteroatoms. The van der Waals surface area contributed by atoms with E-state index in [1.165, 1.54) is 13.2 Å². The van der Waals surface area contributed by atoms with Gasteiger partial charge in [-0.05, 0) is 102 Å². The molecule has 4 amide bonds. The van der Waals surface area contributed by atoms with Gasteiger partial charge in [-0.3, -0.25) is 14.9 Å². The minimum absolute atomic E-state index is 0.00901. The molecule has 3 aromatic carbocycles. The lowest BCUT2D eigenvalue weighted by atomic mass is 9.95. The molecule has 1 aromatic heterocycles. The summed E-state index contributed by atoms with van der Waals surface area (Å²) in [6, 6.07) is 13.7. The number of piperidine rings is 1. The molecule has 334 valence electrons. The number of rotatable bonds is 10. The molecule has 14 nitrogen and oxygen atoms in total. The second-order valence-corrected chi connectivity index (χ2v) is 19.4. The van der Waals surface area contributed by atoms with Crippen LogP contribution in [-0.4, -0.2) is 92.5 Å². The number of nitrogens with one attached hydrogen (secondary N) is 3. The Balaban J connectivity index is 0.874. The predicted octanol–water partition coefficient (Wildman–Crippen LogP) is 7.21. The quantitative estimate of drug-likeness (QED) is 0.104. The molecule has 4 fully saturated rings. The number of hydrogen-bond donors (Lipinski definition) is 5. The summed E-state index contributed by atoms with van der Waals surface area (Å²) in [5, 5.41) is 16.6. The van der Waals surface area contributed by atoms with Gasteiger partial charge in [-0.1, -0.05) is 58.0 Å². The number of amides is 4. The first-order chi connectivity index (χ1) is 30.6. The molecule has 10 rings (SSSR count). The molecule has 2 saturated heterocycles. The summed E-state index contributed by atoms with van der Waals surface area (Å²) in [5.41, 5.74) is 4.83. The number of imidazole rings is 1. The number of alkyl halides is 2. The van der Waals surface area contributed by atoms with Crippen molar-refractivity contribution in [2.45, 2.75) is 102 Å². The first kappa shape index (κ1) is 41.8. The Labute approximate surface area is 369 Å². The molecule has 6 aliphatic rings. The zero-order valence-electron chi connectivity index (χ0n) is 36.5. The Morgan fingerprint density at radius 2 is 1.55 bits per heavy atom. The van der Waals surface area contributed by atoms with Gasteiger partial charge in [-0.2, -0.15) is 13.8 Å². The third kappa shape index (κ3) is 6.91. The van der Waals surface area contributed by atoms with Gasteiger partial charge in [-0.25, -0.2) is 14.6 Å². The molecule has 0 radical (unpaired) electrons.